The minimum absolute atomic E-state index is 0.0741. The van der Waals surface area contributed by atoms with E-state index in [0.717, 1.165) is 56.3 Å². The summed E-state index contributed by atoms with van der Waals surface area (Å²) in [5.41, 5.74) is 13.5. The van der Waals surface area contributed by atoms with Crippen LogP contribution in [0.4, 0.5) is 11.4 Å². The van der Waals surface area contributed by atoms with Crippen LogP contribution in [0, 0.1) is 20.8 Å². The van der Waals surface area contributed by atoms with E-state index >= 15 is 0 Å². The molecule has 5 aromatic rings. The minimum atomic E-state index is 0.0741. The molecule has 3 nitrogen and oxygen atoms in total. The highest BCUT2D eigenvalue weighted by molar-refractivity contribution is 5.92. The molecule has 2 aliphatic heterocycles. The molecule has 0 aromatic heterocycles. The van der Waals surface area contributed by atoms with Gasteiger partial charge in [0.1, 0.15) is 11.9 Å². The predicted octanol–water partition coefficient (Wildman–Crippen LogP) is 9.70. The van der Waals surface area contributed by atoms with Crippen LogP contribution >= 0.6 is 0 Å². The van der Waals surface area contributed by atoms with Crippen molar-refractivity contribution in [1.29, 1.82) is 0 Å². The van der Waals surface area contributed by atoms with Gasteiger partial charge in [-0.2, -0.15) is 5.06 Å². The van der Waals surface area contributed by atoms with E-state index < -0.39 is 0 Å². The van der Waals surface area contributed by atoms with Crippen LogP contribution in [0.25, 0.3) is 16.7 Å². The van der Waals surface area contributed by atoms with Gasteiger partial charge in [-0.3, -0.25) is 0 Å². The van der Waals surface area contributed by atoms with Gasteiger partial charge in [0, 0.05) is 22.6 Å². The van der Waals surface area contributed by atoms with Crippen molar-refractivity contribution in [3.05, 3.63) is 149 Å². The number of nitrogens with zero attached hydrogens (tertiary/aromatic N) is 1. The van der Waals surface area contributed by atoms with E-state index in [1.807, 2.05) is 23.3 Å². The van der Waals surface area contributed by atoms with Gasteiger partial charge in [0.15, 0.2) is 5.75 Å². The van der Waals surface area contributed by atoms with E-state index in [4.69, 9.17) is 9.57 Å². The number of benzene rings is 5. The molecule has 0 saturated heterocycles. The Balaban J connectivity index is 1.35. The largest absolute Gasteiger partial charge is 0.489 e. The molecule has 2 aliphatic rings. The second kappa shape index (κ2) is 9.71. The molecule has 2 heterocycles. The van der Waals surface area contributed by atoms with Crippen LogP contribution in [0.2, 0.25) is 0 Å². The number of ether oxygens (including phenoxy) is 1. The summed E-state index contributed by atoms with van der Waals surface area (Å²) in [6, 6.07) is 36.4. The Labute approximate surface area is 242 Å². The number of hydrogen-bond acceptors (Lipinski definition) is 3. The standard InChI is InChI=1S/C38H33NO2/c1-23-11-15-31(25(3)19-23)38-27(5)40-36-18-14-29(22-34(36)38)28-13-17-35-33(21-28)26(4)32-16-12-24(2)20-37(32)41-39(35)30-9-7-6-8-10-30/h6-22,27,38H,4H2,1-3,5H3. The zero-order valence-corrected chi connectivity index (χ0v) is 23.9. The first kappa shape index (κ1) is 25.2. The molecule has 2 atom stereocenters. The molecule has 0 radical (unpaired) electrons. The smallest absolute Gasteiger partial charge is 0.163 e. The highest BCUT2D eigenvalue weighted by atomic mass is 16.7. The number of aryl methyl sites for hydroxylation is 3. The average Bonchev–Trinajstić information content (AvgIpc) is 3.24. The van der Waals surface area contributed by atoms with Gasteiger partial charge in [-0.25, -0.2) is 0 Å². The fourth-order valence-electron chi connectivity index (χ4n) is 6.33. The molecule has 7 rings (SSSR count). The fraction of sp³-hybridized carbons (Fsp3) is 0.158. The summed E-state index contributed by atoms with van der Waals surface area (Å²) in [4.78, 5) is 6.58. The van der Waals surface area contributed by atoms with Gasteiger partial charge in [-0.1, -0.05) is 72.8 Å². The number of fused-ring (bicyclic) bond motifs is 3. The van der Waals surface area contributed by atoms with Crippen molar-refractivity contribution in [2.24, 2.45) is 0 Å². The van der Waals surface area contributed by atoms with Gasteiger partial charge in [0.25, 0.3) is 0 Å². The highest BCUT2D eigenvalue weighted by Crippen LogP contribution is 2.47. The SMILES string of the molecule is C=C1c2ccc(C)cc2ON(c2ccccc2)c2ccc(-c3ccc4c(c3)C(c3ccc(C)cc3C)C(C)O4)cc21. The van der Waals surface area contributed by atoms with E-state index in [9.17, 15) is 0 Å². The van der Waals surface area contributed by atoms with Crippen molar-refractivity contribution in [1.82, 2.24) is 0 Å². The summed E-state index contributed by atoms with van der Waals surface area (Å²) in [7, 11) is 0. The molecule has 5 aromatic carbocycles. The Morgan fingerprint density at radius 1 is 0.659 bits per heavy atom. The van der Waals surface area contributed by atoms with E-state index in [-0.39, 0.29) is 12.0 Å². The van der Waals surface area contributed by atoms with Crippen molar-refractivity contribution in [2.75, 3.05) is 5.06 Å². The normalized spacial score (nSPS) is 17.2. The molecule has 0 N–H and O–H groups in total. The van der Waals surface area contributed by atoms with Crippen LogP contribution in [0.1, 0.15) is 51.8 Å². The van der Waals surface area contributed by atoms with Gasteiger partial charge >= 0.3 is 0 Å². The molecule has 202 valence electrons. The summed E-state index contributed by atoms with van der Waals surface area (Å²) < 4.78 is 6.35. The molecular weight excluding hydrogens is 502 g/mol. The Morgan fingerprint density at radius 2 is 1.39 bits per heavy atom. The van der Waals surface area contributed by atoms with E-state index in [1.165, 1.54) is 22.3 Å². The maximum absolute atomic E-state index is 6.58. The summed E-state index contributed by atoms with van der Waals surface area (Å²) >= 11 is 0. The maximum Gasteiger partial charge on any atom is 0.163 e. The third-order valence-corrected chi connectivity index (χ3v) is 8.40. The lowest BCUT2D eigenvalue weighted by Crippen LogP contribution is -2.21. The first-order valence-corrected chi connectivity index (χ1v) is 14.2. The number of para-hydroxylation sites is 1. The molecule has 41 heavy (non-hydrogen) atoms. The minimum Gasteiger partial charge on any atom is -0.489 e. The predicted molar refractivity (Wildman–Crippen MR) is 168 cm³/mol. The topological polar surface area (TPSA) is 21.7 Å². The van der Waals surface area contributed by atoms with Crippen molar-refractivity contribution in [2.45, 2.75) is 39.7 Å². The van der Waals surface area contributed by atoms with Crippen LogP contribution in [0.15, 0.2) is 110 Å². The highest BCUT2D eigenvalue weighted by Gasteiger charge is 2.34. The third-order valence-electron chi connectivity index (χ3n) is 8.40. The van der Waals surface area contributed by atoms with Crippen LogP contribution in [-0.4, -0.2) is 6.10 Å². The summed E-state index contributed by atoms with van der Waals surface area (Å²) in [5, 5.41) is 1.92. The Kier molecular flexibility index (Phi) is 5.97. The zero-order valence-electron chi connectivity index (χ0n) is 23.9. The lowest BCUT2D eigenvalue weighted by atomic mass is 9.84. The maximum atomic E-state index is 6.58. The van der Waals surface area contributed by atoms with Crippen LogP contribution < -0.4 is 14.6 Å². The molecule has 0 fully saturated rings. The van der Waals surface area contributed by atoms with E-state index in [0.29, 0.717) is 0 Å². The lowest BCUT2D eigenvalue weighted by molar-refractivity contribution is 0.238. The van der Waals surface area contributed by atoms with Crippen LogP contribution in [0.3, 0.4) is 0 Å². The summed E-state index contributed by atoms with van der Waals surface area (Å²) in [6.45, 7) is 13.2. The number of hydrogen-bond donors (Lipinski definition) is 0. The van der Waals surface area contributed by atoms with Gasteiger partial charge in [-0.15, -0.1) is 0 Å². The van der Waals surface area contributed by atoms with Gasteiger partial charge < -0.3 is 9.57 Å². The first-order valence-electron chi connectivity index (χ1n) is 14.2. The quantitative estimate of drug-likeness (QED) is 0.230. The summed E-state index contributed by atoms with van der Waals surface area (Å²) in [6.07, 6.45) is 0.0741. The molecule has 3 heteroatoms. The molecule has 0 amide bonds. The Hall–Kier alpha value is -4.76. The molecule has 0 aliphatic carbocycles. The van der Waals surface area contributed by atoms with E-state index in [2.05, 4.69) is 119 Å². The first-order chi connectivity index (χ1) is 19.9. The third kappa shape index (κ3) is 4.29. The molecule has 0 saturated carbocycles. The number of anilines is 2. The fourth-order valence-corrected chi connectivity index (χ4v) is 6.33. The number of rotatable bonds is 3. The molecule has 0 spiro atoms. The van der Waals surface area contributed by atoms with Gasteiger partial charge in [0.2, 0.25) is 0 Å². The summed E-state index contributed by atoms with van der Waals surface area (Å²) in [5.74, 6) is 1.97. The van der Waals surface area contributed by atoms with Gasteiger partial charge in [0.05, 0.1) is 11.4 Å². The zero-order chi connectivity index (χ0) is 28.2. The van der Waals surface area contributed by atoms with E-state index in [1.54, 1.807) is 0 Å². The Bertz CT molecular complexity index is 1820. The van der Waals surface area contributed by atoms with Crippen molar-refractivity contribution in [3.63, 3.8) is 0 Å². The second-order valence-electron chi connectivity index (χ2n) is 11.3. The lowest BCUT2D eigenvalue weighted by Gasteiger charge is -2.25. The van der Waals surface area contributed by atoms with Crippen molar-refractivity contribution < 1.29 is 9.57 Å². The van der Waals surface area contributed by atoms with Gasteiger partial charge in [-0.05, 0) is 104 Å². The molecule has 0 bridgehead atoms. The van der Waals surface area contributed by atoms with Crippen molar-refractivity contribution in [3.8, 4) is 22.6 Å². The van der Waals surface area contributed by atoms with Crippen LogP contribution in [-0.2, 0) is 0 Å². The molecular formula is C38H33NO2. The molecule has 2 unspecified atom stereocenters. The van der Waals surface area contributed by atoms with Crippen LogP contribution in [0.5, 0.6) is 11.5 Å². The second-order valence-corrected chi connectivity index (χ2v) is 11.3. The Morgan fingerprint density at radius 3 is 2.20 bits per heavy atom. The van der Waals surface area contributed by atoms with Crippen molar-refractivity contribution >= 4 is 16.9 Å². The average molecular weight is 536 g/mol. The monoisotopic (exact) mass is 535 g/mol.